The molecular weight excluding hydrogens is 224 g/mol. The molecule has 0 saturated carbocycles. The van der Waals surface area contributed by atoms with Crippen molar-refractivity contribution in [2.45, 2.75) is 25.3 Å². The Morgan fingerprint density at radius 3 is 2.89 bits per heavy atom. The van der Waals surface area contributed by atoms with Gasteiger partial charge in [-0.25, -0.2) is 0 Å². The molecule has 1 aromatic rings. The van der Waals surface area contributed by atoms with Crippen molar-refractivity contribution in [3.63, 3.8) is 0 Å². The van der Waals surface area contributed by atoms with Crippen LogP contribution in [0.4, 0.5) is 0 Å². The second kappa shape index (κ2) is 7.39. The van der Waals surface area contributed by atoms with Gasteiger partial charge in [-0.1, -0.05) is 18.2 Å². The molecule has 1 unspecified atom stereocenters. The standard InChI is InChI=1S/C15H24N2O/c1-17(14-6-5-10-16-11-9-14)12-13-18-15-7-3-2-4-8-15/h2-4,7-8,14,16H,5-6,9-13H2,1H3. The molecule has 100 valence electrons. The first kappa shape index (κ1) is 13.4. The molecule has 1 saturated heterocycles. The van der Waals surface area contributed by atoms with E-state index in [1.807, 2.05) is 30.3 Å². The highest BCUT2D eigenvalue weighted by Crippen LogP contribution is 2.12. The van der Waals surface area contributed by atoms with Gasteiger partial charge in [0.05, 0.1) is 0 Å². The predicted octanol–water partition coefficient (Wildman–Crippen LogP) is 2.14. The normalized spacial score (nSPS) is 20.7. The largest absolute Gasteiger partial charge is 0.492 e. The first-order chi connectivity index (χ1) is 8.86. The summed E-state index contributed by atoms with van der Waals surface area (Å²) in [5.74, 6) is 0.966. The summed E-state index contributed by atoms with van der Waals surface area (Å²) in [5, 5.41) is 3.46. The molecule has 1 aliphatic heterocycles. The fraction of sp³-hybridized carbons (Fsp3) is 0.600. The Kier molecular flexibility index (Phi) is 5.49. The molecule has 0 aliphatic carbocycles. The van der Waals surface area contributed by atoms with E-state index in [0.29, 0.717) is 6.04 Å². The first-order valence-corrected chi connectivity index (χ1v) is 6.95. The highest BCUT2D eigenvalue weighted by molar-refractivity contribution is 5.20. The lowest BCUT2D eigenvalue weighted by Crippen LogP contribution is -2.35. The van der Waals surface area contributed by atoms with Gasteiger partial charge in [-0.15, -0.1) is 0 Å². The van der Waals surface area contributed by atoms with Crippen LogP contribution in [0.15, 0.2) is 30.3 Å². The van der Waals surface area contributed by atoms with Gasteiger partial charge in [0.2, 0.25) is 0 Å². The zero-order valence-electron chi connectivity index (χ0n) is 11.3. The zero-order chi connectivity index (χ0) is 12.6. The number of nitrogens with zero attached hydrogens (tertiary/aromatic N) is 1. The maximum Gasteiger partial charge on any atom is 0.119 e. The smallest absolute Gasteiger partial charge is 0.119 e. The monoisotopic (exact) mass is 248 g/mol. The van der Waals surface area contributed by atoms with Crippen molar-refractivity contribution in [3.8, 4) is 5.75 Å². The Morgan fingerprint density at radius 1 is 1.22 bits per heavy atom. The van der Waals surface area contributed by atoms with Crippen LogP contribution in [0.5, 0.6) is 5.75 Å². The number of hydrogen-bond donors (Lipinski definition) is 1. The molecule has 1 N–H and O–H groups in total. The maximum absolute atomic E-state index is 5.74. The van der Waals surface area contributed by atoms with Gasteiger partial charge < -0.3 is 10.1 Å². The summed E-state index contributed by atoms with van der Waals surface area (Å²) in [6.07, 6.45) is 3.84. The zero-order valence-corrected chi connectivity index (χ0v) is 11.3. The number of benzene rings is 1. The summed E-state index contributed by atoms with van der Waals surface area (Å²) in [5.41, 5.74) is 0. The molecule has 0 amide bonds. The SMILES string of the molecule is CN(CCOc1ccccc1)C1CCCNCC1. The van der Waals surface area contributed by atoms with E-state index >= 15 is 0 Å². The molecule has 0 bridgehead atoms. The van der Waals surface area contributed by atoms with Gasteiger partial charge in [0, 0.05) is 12.6 Å². The highest BCUT2D eigenvalue weighted by atomic mass is 16.5. The van der Waals surface area contributed by atoms with E-state index in [-0.39, 0.29) is 0 Å². The van der Waals surface area contributed by atoms with Gasteiger partial charge >= 0.3 is 0 Å². The topological polar surface area (TPSA) is 24.5 Å². The molecule has 2 rings (SSSR count). The predicted molar refractivity (Wildman–Crippen MR) is 75.1 cm³/mol. The average molecular weight is 248 g/mol. The van der Waals surface area contributed by atoms with Crippen LogP contribution in [0, 0.1) is 0 Å². The molecule has 0 radical (unpaired) electrons. The van der Waals surface area contributed by atoms with Gasteiger partial charge in [0.25, 0.3) is 0 Å². The highest BCUT2D eigenvalue weighted by Gasteiger charge is 2.16. The summed E-state index contributed by atoms with van der Waals surface area (Å²) < 4.78 is 5.74. The Balaban J connectivity index is 1.69. The number of para-hydroxylation sites is 1. The van der Waals surface area contributed by atoms with Crippen LogP contribution in [0.1, 0.15) is 19.3 Å². The number of nitrogens with one attached hydrogen (secondary N) is 1. The van der Waals surface area contributed by atoms with Crippen molar-refractivity contribution in [3.05, 3.63) is 30.3 Å². The van der Waals surface area contributed by atoms with Crippen LogP contribution in [-0.4, -0.2) is 44.2 Å². The Hall–Kier alpha value is -1.06. The van der Waals surface area contributed by atoms with Crippen molar-refractivity contribution in [2.24, 2.45) is 0 Å². The van der Waals surface area contributed by atoms with E-state index in [0.717, 1.165) is 25.4 Å². The summed E-state index contributed by atoms with van der Waals surface area (Å²) in [6.45, 7) is 4.09. The minimum atomic E-state index is 0.708. The molecule has 1 fully saturated rings. The minimum Gasteiger partial charge on any atom is -0.492 e. The van der Waals surface area contributed by atoms with Gasteiger partial charge in [0.1, 0.15) is 12.4 Å². The van der Waals surface area contributed by atoms with E-state index in [4.69, 9.17) is 4.74 Å². The van der Waals surface area contributed by atoms with Crippen LogP contribution < -0.4 is 10.1 Å². The summed E-state index contributed by atoms with van der Waals surface area (Å²) in [7, 11) is 2.21. The summed E-state index contributed by atoms with van der Waals surface area (Å²) >= 11 is 0. The van der Waals surface area contributed by atoms with Crippen LogP contribution in [0.3, 0.4) is 0 Å². The van der Waals surface area contributed by atoms with Crippen LogP contribution in [0.25, 0.3) is 0 Å². The van der Waals surface area contributed by atoms with Crippen molar-refractivity contribution in [1.82, 2.24) is 10.2 Å². The third-order valence-electron chi connectivity index (χ3n) is 3.62. The third-order valence-corrected chi connectivity index (χ3v) is 3.62. The molecule has 18 heavy (non-hydrogen) atoms. The van der Waals surface area contributed by atoms with Crippen LogP contribution in [-0.2, 0) is 0 Å². The number of rotatable bonds is 5. The molecule has 1 aliphatic rings. The molecule has 1 atom stereocenters. The fourth-order valence-electron chi connectivity index (χ4n) is 2.45. The summed E-state index contributed by atoms with van der Waals surface area (Å²) in [4.78, 5) is 2.44. The molecule has 3 heteroatoms. The first-order valence-electron chi connectivity index (χ1n) is 6.95. The van der Waals surface area contributed by atoms with E-state index in [9.17, 15) is 0 Å². The van der Waals surface area contributed by atoms with Gasteiger partial charge in [-0.05, 0) is 51.5 Å². The molecule has 1 heterocycles. The molecule has 1 aromatic carbocycles. The van der Waals surface area contributed by atoms with E-state index in [2.05, 4.69) is 17.3 Å². The van der Waals surface area contributed by atoms with Crippen molar-refractivity contribution in [1.29, 1.82) is 0 Å². The average Bonchev–Trinajstić information content (AvgIpc) is 2.69. The van der Waals surface area contributed by atoms with E-state index < -0.39 is 0 Å². The quantitative estimate of drug-likeness (QED) is 0.864. The summed E-state index contributed by atoms with van der Waals surface area (Å²) in [6, 6.07) is 10.8. The Labute approximate surface area is 110 Å². The molecule has 0 aromatic heterocycles. The van der Waals surface area contributed by atoms with Crippen LogP contribution >= 0.6 is 0 Å². The lowest BCUT2D eigenvalue weighted by molar-refractivity contribution is 0.180. The third kappa shape index (κ3) is 4.31. The lowest BCUT2D eigenvalue weighted by atomic mass is 10.1. The second-order valence-electron chi connectivity index (χ2n) is 4.98. The van der Waals surface area contributed by atoms with Crippen LogP contribution in [0.2, 0.25) is 0 Å². The van der Waals surface area contributed by atoms with Gasteiger partial charge in [-0.2, -0.15) is 0 Å². The Bertz CT molecular complexity index is 321. The molecular formula is C15H24N2O. The van der Waals surface area contributed by atoms with E-state index in [1.54, 1.807) is 0 Å². The van der Waals surface area contributed by atoms with Gasteiger partial charge in [0.15, 0.2) is 0 Å². The van der Waals surface area contributed by atoms with Crippen molar-refractivity contribution < 1.29 is 4.74 Å². The lowest BCUT2D eigenvalue weighted by Gasteiger charge is -2.26. The Morgan fingerprint density at radius 2 is 2.06 bits per heavy atom. The maximum atomic E-state index is 5.74. The number of likely N-dealkylation sites (N-methyl/N-ethyl adjacent to an activating group) is 1. The van der Waals surface area contributed by atoms with Crippen molar-refractivity contribution >= 4 is 0 Å². The number of ether oxygens (including phenoxy) is 1. The van der Waals surface area contributed by atoms with E-state index in [1.165, 1.54) is 25.8 Å². The molecule has 3 nitrogen and oxygen atoms in total. The minimum absolute atomic E-state index is 0.708. The van der Waals surface area contributed by atoms with Crippen molar-refractivity contribution in [2.75, 3.05) is 33.3 Å². The second-order valence-corrected chi connectivity index (χ2v) is 4.98. The fourth-order valence-corrected chi connectivity index (χ4v) is 2.45. The van der Waals surface area contributed by atoms with Gasteiger partial charge in [-0.3, -0.25) is 4.90 Å². The molecule has 0 spiro atoms. The number of hydrogen-bond acceptors (Lipinski definition) is 3.